The van der Waals surface area contributed by atoms with Crippen molar-refractivity contribution in [2.24, 2.45) is 0 Å². The number of carbonyl (C=O) groups is 1. The lowest BCUT2D eigenvalue weighted by Crippen LogP contribution is -2.34. The van der Waals surface area contributed by atoms with Crippen molar-refractivity contribution in [3.63, 3.8) is 0 Å². The van der Waals surface area contributed by atoms with E-state index in [0.29, 0.717) is 5.56 Å². The fraction of sp³-hybridized carbons (Fsp3) is 0.235. The minimum atomic E-state index is -0.0107. The zero-order valence-corrected chi connectivity index (χ0v) is 11.4. The largest absolute Gasteiger partial charge is 0.349 e. The minimum Gasteiger partial charge on any atom is -0.349 e. The highest BCUT2D eigenvalue weighted by Crippen LogP contribution is 2.06. The van der Waals surface area contributed by atoms with Crippen LogP contribution in [0.25, 0.3) is 0 Å². The van der Waals surface area contributed by atoms with E-state index in [4.69, 9.17) is 0 Å². The maximum absolute atomic E-state index is 12.0. The lowest BCUT2D eigenvalue weighted by molar-refractivity contribution is 0.0940. The molecule has 0 aliphatic heterocycles. The zero-order chi connectivity index (χ0) is 13.7. The summed E-state index contributed by atoms with van der Waals surface area (Å²) in [6.45, 7) is 4.04. The third kappa shape index (κ3) is 3.95. The molecular formula is C17H19NO. The Morgan fingerprint density at radius 1 is 1.05 bits per heavy atom. The fourth-order valence-corrected chi connectivity index (χ4v) is 2.03. The summed E-state index contributed by atoms with van der Waals surface area (Å²) in [5.41, 5.74) is 3.11. The molecule has 1 atom stereocenters. The van der Waals surface area contributed by atoms with Crippen LogP contribution in [0.3, 0.4) is 0 Å². The van der Waals surface area contributed by atoms with Gasteiger partial charge in [0.15, 0.2) is 0 Å². The van der Waals surface area contributed by atoms with Gasteiger partial charge in [-0.3, -0.25) is 4.79 Å². The second kappa shape index (κ2) is 6.19. The molecule has 0 unspecified atom stereocenters. The van der Waals surface area contributed by atoms with E-state index in [0.717, 1.165) is 12.0 Å². The average molecular weight is 253 g/mol. The van der Waals surface area contributed by atoms with E-state index < -0.39 is 0 Å². The van der Waals surface area contributed by atoms with Gasteiger partial charge in [-0.1, -0.05) is 48.0 Å². The van der Waals surface area contributed by atoms with Gasteiger partial charge >= 0.3 is 0 Å². The van der Waals surface area contributed by atoms with Crippen LogP contribution in [0, 0.1) is 6.92 Å². The summed E-state index contributed by atoms with van der Waals surface area (Å²) in [7, 11) is 0. The van der Waals surface area contributed by atoms with Gasteiger partial charge in [0.2, 0.25) is 0 Å². The molecule has 0 saturated carbocycles. The van der Waals surface area contributed by atoms with Gasteiger partial charge in [-0.15, -0.1) is 0 Å². The number of hydrogen-bond acceptors (Lipinski definition) is 1. The predicted octanol–water partition coefficient (Wildman–Crippen LogP) is 3.36. The molecule has 2 aromatic rings. The standard InChI is InChI=1S/C17H19NO/c1-13-8-10-16(11-9-13)17(19)18-14(2)12-15-6-4-3-5-7-15/h3-11,14H,12H2,1-2H3,(H,18,19)/t14-/m1/s1. The van der Waals surface area contributed by atoms with Crippen LogP contribution < -0.4 is 5.32 Å². The summed E-state index contributed by atoms with van der Waals surface area (Å²) in [4.78, 5) is 12.0. The molecule has 2 rings (SSSR count). The number of hydrogen-bond donors (Lipinski definition) is 1. The molecule has 0 heterocycles. The lowest BCUT2D eigenvalue weighted by atomic mass is 10.1. The maximum Gasteiger partial charge on any atom is 0.251 e. The van der Waals surface area contributed by atoms with E-state index in [1.165, 1.54) is 5.56 Å². The smallest absolute Gasteiger partial charge is 0.251 e. The average Bonchev–Trinajstić information content (AvgIpc) is 2.40. The Hall–Kier alpha value is -2.09. The van der Waals surface area contributed by atoms with Crippen LogP contribution in [0.15, 0.2) is 54.6 Å². The molecule has 2 aromatic carbocycles. The molecule has 98 valence electrons. The maximum atomic E-state index is 12.0. The highest BCUT2D eigenvalue weighted by molar-refractivity contribution is 5.94. The van der Waals surface area contributed by atoms with Crippen molar-refractivity contribution in [3.05, 3.63) is 71.3 Å². The highest BCUT2D eigenvalue weighted by Gasteiger charge is 2.09. The topological polar surface area (TPSA) is 29.1 Å². The van der Waals surface area contributed by atoms with Gasteiger partial charge in [-0.2, -0.15) is 0 Å². The van der Waals surface area contributed by atoms with Crippen molar-refractivity contribution in [3.8, 4) is 0 Å². The fourth-order valence-electron chi connectivity index (χ4n) is 2.03. The van der Waals surface area contributed by atoms with Gasteiger partial charge in [0, 0.05) is 11.6 Å². The van der Waals surface area contributed by atoms with Crippen molar-refractivity contribution < 1.29 is 4.79 Å². The van der Waals surface area contributed by atoms with Crippen LogP contribution in [-0.2, 0) is 6.42 Å². The molecule has 0 saturated heterocycles. The minimum absolute atomic E-state index is 0.0107. The van der Waals surface area contributed by atoms with E-state index in [1.54, 1.807) is 0 Å². The van der Waals surface area contributed by atoms with E-state index in [2.05, 4.69) is 17.4 Å². The van der Waals surface area contributed by atoms with Gasteiger partial charge in [-0.05, 0) is 38.0 Å². The second-order valence-electron chi connectivity index (χ2n) is 4.93. The lowest BCUT2D eigenvalue weighted by Gasteiger charge is -2.14. The molecule has 0 fully saturated rings. The van der Waals surface area contributed by atoms with Crippen LogP contribution in [0.4, 0.5) is 0 Å². The summed E-state index contributed by atoms with van der Waals surface area (Å²) in [5, 5.41) is 3.03. The second-order valence-corrected chi connectivity index (χ2v) is 4.93. The number of aryl methyl sites for hydroxylation is 1. The molecule has 2 nitrogen and oxygen atoms in total. The summed E-state index contributed by atoms with van der Waals surface area (Å²) >= 11 is 0. The molecule has 1 N–H and O–H groups in total. The van der Waals surface area contributed by atoms with Gasteiger partial charge < -0.3 is 5.32 Å². The Kier molecular flexibility index (Phi) is 4.35. The normalized spacial score (nSPS) is 11.9. The Balaban J connectivity index is 1.93. The number of rotatable bonds is 4. The third-order valence-corrected chi connectivity index (χ3v) is 3.08. The van der Waals surface area contributed by atoms with Crippen LogP contribution in [-0.4, -0.2) is 11.9 Å². The number of nitrogens with one attached hydrogen (secondary N) is 1. The molecule has 2 heteroatoms. The molecule has 0 aliphatic carbocycles. The summed E-state index contributed by atoms with van der Waals surface area (Å²) in [6.07, 6.45) is 0.846. The molecular weight excluding hydrogens is 234 g/mol. The van der Waals surface area contributed by atoms with Crippen molar-refractivity contribution in [2.45, 2.75) is 26.3 Å². The van der Waals surface area contributed by atoms with Crippen LogP contribution >= 0.6 is 0 Å². The summed E-state index contributed by atoms with van der Waals surface area (Å²) < 4.78 is 0. The quantitative estimate of drug-likeness (QED) is 0.889. The van der Waals surface area contributed by atoms with Crippen molar-refractivity contribution in [1.29, 1.82) is 0 Å². The molecule has 0 aliphatic rings. The van der Waals surface area contributed by atoms with Gasteiger partial charge in [0.25, 0.3) is 5.91 Å². The van der Waals surface area contributed by atoms with Crippen molar-refractivity contribution >= 4 is 5.91 Å². The molecule has 0 aromatic heterocycles. The zero-order valence-electron chi connectivity index (χ0n) is 11.4. The Labute approximate surface area is 114 Å². The van der Waals surface area contributed by atoms with Gasteiger partial charge in [0.1, 0.15) is 0 Å². The first-order valence-electron chi connectivity index (χ1n) is 6.56. The van der Waals surface area contributed by atoms with Crippen LogP contribution in [0.5, 0.6) is 0 Å². The Morgan fingerprint density at radius 3 is 2.32 bits per heavy atom. The predicted molar refractivity (Wildman–Crippen MR) is 78.3 cm³/mol. The Bertz CT molecular complexity index is 531. The third-order valence-electron chi connectivity index (χ3n) is 3.08. The molecule has 0 bridgehead atoms. The summed E-state index contributed by atoms with van der Waals surface area (Å²) in [6, 6.07) is 17.9. The van der Waals surface area contributed by atoms with Gasteiger partial charge in [-0.25, -0.2) is 0 Å². The Morgan fingerprint density at radius 2 is 1.68 bits per heavy atom. The number of benzene rings is 2. The van der Waals surface area contributed by atoms with E-state index in [-0.39, 0.29) is 11.9 Å². The molecule has 0 spiro atoms. The monoisotopic (exact) mass is 253 g/mol. The van der Waals surface area contributed by atoms with Crippen LogP contribution in [0.2, 0.25) is 0 Å². The van der Waals surface area contributed by atoms with Crippen molar-refractivity contribution in [1.82, 2.24) is 5.32 Å². The van der Waals surface area contributed by atoms with E-state index in [9.17, 15) is 4.79 Å². The summed E-state index contributed by atoms with van der Waals surface area (Å²) in [5.74, 6) is -0.0107. The SMILES string of the molecule is Cc1ccc(C(=O)N[C@H](C)Cc2ccccc2)cc1. The first-order chi connectivity index (χ1) is 9.15. The van der Waals surface area contributed by atoms with Gasteiger partial charge in [0.05, 0.1) is 0 Å². The molecule has 0 radical (unpaired) electrons. The first kappa shape index (κ1) is 13.3. The molecule has 19 heavy (non-hydrogen) atoms. The van der Waals surface area contributed by atoms with E-state index in [1.807, 2.05) is 56.3 Å². The number of carbonyl (C=O) groups excluding carboxylic acids is 1. The highest BCUT2D eigenvalue weighted by atomic mass is 16.1. The van der Waals surface area contributed by atoms with Crippen LogP contribution in [0.1, 0.15) is 28.4 Å². The first-order valence-corrected chi connectivity index (χ1v) is 6.56. The molecule has 1 amide bonds. The number of amides is 1. The van der Waals surface area contributed by atoms with E-state index >= 15 is 0 Å². The van der Waals surface area contributed by atoms with Crippen molar-refractivity contribution in [2.75, 3.05) is 0 Å².